The summed E-state index contributed by atoms with van der Waals surface area (Å²) >= 11 is 1.44. The first-order valence-electron chi connectivity index (χ1n) is 8.76. The molecule has 0 saturated heterocycles. The predicted molar refractivity (Wildman–Crippen MR) is 107 cm³/mol. The van der Waals surface area contributed by atoms with Crippen LogP contribution in [-0.2, 0) is 13.5 Å². The number of thioether (sulfide) groups is 1. The molecular formula is C21H23N3OS. The monoisotopic (exact) mass is 365 g/mol. The Kier molecular flexibility index (Phi) is 5.57. The second-order valence-corrected chi connectivity index (χ2v) is 7.66. The maximum atomic E-state index is 12.7. The first kappa shape index (κ1) is 18.4. The van der Waals surface area contributed by atoms with Gasteiger partial charge in [-0.1, -0.05) is 67.2 Å². The average Bonchev–Trinajstić information content (AvgIpc) is 3.02. The van der Waals surface area contributed by atoms with Crippen molar-refractivity contribution in [1.29, 1.82) is 0 Å². The maximum absolute atomic E-state index is 12.7. The van der Waals surface area contributed by atoms with Crippen LogP contribution in [0, 0.1) is 6.92 Å². The summed E-state index contributed by atoms with van der Waals surface area (Å²) in [5, 5.41) is 9.15. The molecule has 0 amide bonds. The van der Waals surface area contributed by atoms with Gasteiger partial charge in [0.05, 0.1) is 5.25 Å². The van der Waals surface area contributed by atoms with Gasteiger partial charge in [0.1, 0.15) is 0 Å². The summed E-state index contributed by atoms with van der Waals surface area (Å²) in [6.07, 6.45) is 0.972. The summed E-state index contributed by atoms with van der Waals surface area (Å²) in [7, 11) is 1.94. The van der Waals surface area contributed by atoms with E-state index in [1.54, 1.807) is 0 Å². The fourth-order valence-corrected chi connectivity index (χ4v) is 3.72. The van der Waals surface area contributed by atoms with Gasteiger partial charge in [-0.05, 0) is 31.4 Å². The lowest BCUT2D eigenvalue weighted by Gasteiger charge is -2.11. The van der Waals surface area contributed by atoms with Crippen molar-refractivity contribution in [3.8, 4) is 11.4 Å². The molecule has 0 bridgehead atoms. The molecule has 26 heavy (non-hydrogen) atoms. The molecular weight excluding hydrogens is 342 g/mol. The molecule has 0 unspecified atom stereocenters. The fourth-order valence-electron chi connectivity index (χ4n) is 2.83. The van der Waals surface area contributed by atoms with Gasteiger partial charge in [-0.15, -0.1) is 10.2 Å². The van der Waals surface area contributed by atoms with Gasteiger partial charge in [0.15, 0.2) is 16.8 Å². The first-order valence-corrected chi connectivity index (χ1v) is 9.64. The molecule has 0 aliphatic carbocycles. The minimum Gasteiger partial charge on any atom is -0.305 e. The molecule has 0 saturated carbocycles. The number of hydrogen-bond donors (Lipinski definition) is 0. The van der Waals surface area contributed by atoms with Crippen molar-refractivity contribution in [2.75, 3.05) is 0 Å². The lowest BCUT2D eigenvalue weighted by molar-refractivity contribution is 0.0994. The molecule has 0 aliphatic heterocycles. The molecule has 1 atom stereocenters. The van der Waals surface area contributed by atoms with E-state index in [-0.39, 0.29) is 11.0 Å². The van der Waals surface area contributed by atoms with Crippen molar-refractivity contribution in [3.63, 3.8) is 0 Å². The second-order valence-electron chi connectivity index (χ2n) is 6.35. The number of Topliss-reactive ketones (excluding diaryl/α,β-unsaturated/α-hetero) is 1. The van der Waals surface area contributed by atoms with Gasteiger partial charge in [0.2, 0.25) is 0 Å². The molecule has 5 heteroatoms. The van der Waals surface area contributed by atoms with Crippen LogP contribution in [-0.4, -0.2) is 25.8 Å². The first-order chi connectivity index (χ1) is 12.5. The van der Waals surface area contributed by atoms with Gasteiger partial charge in [-0.25, -0.2) is 0 Å². The molecule has 4 nitrogen and oxygen atoms in total. The van der Waals surface area contributed by atoms with Gasteiger partial charge in [0, 0.05) is 18.2 Å². The van der Waals surface area contributed by atoms with E-state index < -0.39 is 0 Å². The highest BCUT2D eigenvalue weighted by Crippen LogP contribution is 2.28. The van der Waals surface area contributed by atoms with E-state index in [1.165, 1.54) is 17.3 Å². The van der Waals surface area contributed by atoms with Crippen LogP contribution >= 0.6 is 11.8 Å². The second kappa shape index (κ2) is 7.87. The van der Waals surface area contributed by atoms with Crippen LogP contribution in [0.15, 0.2) is 53.7 Å². The maximum Gasteiger partial charge on any atom is 0.191 e. The van der Waals surface area contributed by atoms with E-state index >= 15 is 0 Å². The average molecular weight is 366 g/mol. The number of aryl methyl sites for hydroxylation is 2. The molecule has 1 heterocycles. The quantitative estimate of drug-likeness (QED) is 0.468. The summed E-state index contributed by atoms with van der Waals surface area (Å²) in [5.74, 6) is 0.927. The van der Waals surface area contributed by atoms with Gasteiger partial charge >= 0.3 is 0 Å². The molecule has 3 aromatic rings. The van der Waals surface area contributed by atoms with Crippen molar-refractivity contribution >= 4 is 17.5 Å². The Balaban J connectivity index is 1.78. The van der Waals surface area contributed by atoms with Gasteiger partial charge < -0.3 is 4.57 Å². The van der Waals surface area contributed by atoms with E-state index in [0.717, 1.165) is 34.1 Å². The van der Waals surface area contributed by atoms with Crippen LogP contribution in [0.2, 0.25) is 0 Å². The summed E-state index contributed by atoms with van der Waals surface area (Å²) in [4.78, 5) is 12.7. The lowest BCUT2D eigenvalue weighted by Crippen LogP contribution is -2.14. The van der Waals surface area contributed by atoms with Crippen LogP contribution in [0.25, 0.3) is 11.4 Å². The Morgan fingerprint density at radius 1 is 1.12 bits per heavy atom. The number of rotatable bonds is 6. The van der Waals surface area contributed by atoms with Crippen LogP contribution in [0.5, 0.6) is 0 Å². The Hall–Kier alpha value is -2.40. The van der Waals surface area contributed by atoms with Crippen molar-refractivity contribution in [1.82, 2.24) is 14.8 Å². The molecule has 1 aromatic heterocycles. The zero-order valence-electron chi connectivity index (χ0n) is 15.6. The zero-order valence-corrected chi connectivity index (χ0v) is 16.4. The molecule has 0 N–H and O–H groups in total. The van der Waals surface area contributed by atoms with E-state index in [4.69, 9.17) is 0 Å². The number of benzene rings is 2. The Morgan fingerprint density at radius 2 is 1.81 bits per heavy atom. The van der Waals surface area contributed by atoms with Crippen LogP contribution in [0.1, 0.15) is 35.3 Å². The third-order valence-electron chi connectivity index (χ3n) is 4.52. The van der Waals surface area contributed by atoms with Crippen LogP contribution in [0.3, 0.4) is 0 Å². The van der Waals surface area contributed by atoms with Gasteiger partial charge in [0.25, 0.3) is 0 Å². The standard InChI is InChI=1S/C21H23N3OS/c1-5-16-10-12-17(13-11-16)19(25)15(3)26-21-23-22-20(24(21)4)18-9-7-6-8-14(18)2/h6-13,15H,5H2,1-4H3/t15-/m0/s1. The lowest BCUT2D eigenvalue weighted by atomic mass is 10.1. The van der Waals surface area contributed by atoms with E-state index in [0.29, 0.717) is 0 Å². The predicted octanol–water partition coefficient (Wildman–Crippen LogP) is 4.72. The summed E-state index contributed by atoms with van der Waals surface area (Å²) < 4.78 is 1.96. The molecule has 0 aliphatic rings. The number of nitrogens with zero attached hydrogens (tertiary/aromatic N) is 3. The number of carbonyl (C=O) groups is 1. The Labute approximate surface area is 158 Å². The molecule has 0 fully saturated rings. The van der Waals surface area contributed by atoms with Gasteiger partial charge in [-0.2, -0.15) is 0 Å². The summed E-state index contributed by atoms with van der Waals surface area (Å²) in [5.41, 5.74) is 4.18. The minimum absolute atomic E-state index is 0.109. The summed E-state index contributed by atoms with van der Waals surface area (Å²) in [6.45, 7) is 6.08. The molecule has 134 valence electrons. The zero-order chi connectivity index (χ0) is 18.7. The van der Waals surface area contributed by atoms with E-state index in [2.05, 4.69) is 30.1 Å². The summed E-state index contributed by atoms with van der Waals surface area (Å²) in [6, 6.07) is 16.0. The minimum atomic E-state index is -0.227. The molecule has 3 rings (SSSR count). The Morgan fingerprint density at radius 3 is 2.46 bits per heavy atom. The van der Waals surface area contributed by atoms with Crippen molar-refractivity contribution < 1.29 is 4.79 Å². The number of carbonyl (C=O) groups excluding carboxylic acids is 1. The highest BCUT2D eigenvalue weighted by molar-refractivity contribution is 8.00. The van der Waals surface area contributed by atoms with Crippen LogP contribution < -0.4 is 0 Å². The van der Waals surface area contributed by atoms with Crippen LogP contribution in [0.4, 0.5) is 0 Å². The highest BCUT2D eigenvalue weighted by atomic mass is 32.2. The van der Waals surface area contributed by atoms with E-state index in [1.807, 2.05) is 61.0 Å². The normalized spacial score (nSPS) is 12.2. The largest absolute Gasteiger partial charge is 0.305 e. The SMILES string of the molecule is CCc1ccc(C(=O)[C@H](C)Sc2nnc(-c3ccccc3C)n2C)cc1. The van der Waals surface area contributed by atoms with Crippen molar-refractivity contribution in [2.24, 2.45) is 7.05 Å². The number of ketones is 1. The van der Waals surface area contributed by atoms with Gasteiger partial charge in [-0.3, -0.25) is 4.79 Å². The molecule has 0 spiro atoms. The third kappa shape index (κ3) is 3.73. The molecule has 2 aromatic carbocycles. The topological polar surface area (TPSA) is 47.8 Å². The third-order valence-corrected chi connectivity index (χ3v) is 5.65. The molecule has 0 radical (unpaired) electrons. The fraction of sp³-hybridized carbons (Fsp3) is 0.286. The van der Waals surface area contributed by atoms with Crippen molar-refractivity contribution in [2.45, 2.75) is 37.6 Å². The Bertz CT molecular complexity index is 915. The number of hydrogen-bond acceptors (Lipinski definition) is 4. The number of aromatic nitrogens is 3. The van der Waals surface area contributed by atoms with Crippen molar-refractivity contribution in [3.05, 3.63) is 65.2 Å². The van der Waals surface area contributed by atoms with E-state index in [9.17, 15) is 4.79 Å². The smallest absolute Gasteiger partial charge is 0.191 e. The highest BCUT2D eigenvalue weighted by Gasteiger charge is 2.21.